The Morgan fingerprint density at radius 3 is 3.13 bits per heavy atom. The van der Waals surface area contributed by atoms with Crippen LogP contribution in [0.15, 0.2) is 29.2 Å². The second kappa shape index (κ2) is 4.44. The Kier molecular flexibility index (Phi) is 3.01. The van der Waals surface area contributed by atoms with Gasteiger partial charge in [0.15, 0.2) is 0 Å². The molecule has 5 heteroatoms. The Morgan fingerprint density at radius 1 is 1.60 bits per heavy atom. The number of nitrogens with one attached hydrogen (secondary N) is 1. The topological polar surface area (TPSA) is 64.3 Å². The number of ether oxygens (including phenoxy) is 1. The highest BCUT2D eigenvalue weighted by Gasteiger charge is 2.22. The summed E-state index contributed by atoms with van der Waals surface area (Å²) < 4.78 is 5.01. The summed E-state index contributed by atoms with van der Waals surface area (Å²) in [6.07, 6.45) is -0.364. The number of cyclic esters (lactones) is 1. The maximum Gasteiger partial charge on any atom is 0.407 e. The average Bonchev–Trinajstić information content (AvgIpc) is 2.62. The Morgan fingerprint density at radius 2 is 2.47 bits per heavy atom. The van der Waals surface area contributed by atoms with Crippen molar-refractivity contribution in [2.45, 2.75) is 11.0 Å². The summed E-state index contributed by atoms with van der Waals surface area (Å²) in [6.45, 7) is 0.591. The zero-order valence-corrected chi connectivity index (χ0v) is 8.92. The lowest BCUT2D eigenvalue weighted by Crippen LogP contribution is -2.16. The van der Waals surface area contributed by atoms with Gasteiger partial charge >= 0.3 is 6.09 Å². The second-order valence-electron chi connectivity index (χ2n) is 3.29. The number of hydrogen-bond acceptors (Lipinski definition) is 4. The molecule has 1 fully saturated rings. The molecule has 1 heterocycles. The predicted octanol–water partition coefficient (Wildman–Crippen LogP) is 1.47. The van der Waals surface area contributed by atoms with Gasteiger partial charge in [0.2, 0.25) is 0 Å². The van der Waals surface area contributed by atoms with Gasteiger partial charge in [-0.1, -0.05) is 6.07 Å². The predicted molar refractivity (Wildman–Crippen MR) is 59.9 cm³/mol. The molecule has 0 spiro atoms. The van der Waals surface area contributed by atoms with Gasteiger partial charge in [-0.25, -0.2) is 4.79 Å². The zero-order valence-electron chi connectivity index (χ0n) is 8.10. The van der Waals surface area contributed by atoms with E-state index in [4.69, 9.17) is 10.5 Å². The molecule has 0 bridgehead atoms. The Bertz CT molecular complexity index is 370. The maximum absolute atomic E-state index is 10.8. The van der Waals surface area contributed by atoms with Crippen LogP contribution < -0.4 is 11.1 Å². The lowest BCUT2D eigenvalue weighted by molar-refractivity contribution is 0.150. The lowest BCUT2D eigenvalue weighted by Gasteiger charge is -2.07. The van der Waals surface area contributed by atoms with Gasteiger partial charge in [-0.05, 0) is 18.2 Å². The monoisotopic (exact) mass is 224 g/mol. The van der Waals surface area contributed by atoms with Crippen LogP contribution in [0, 0.1) is 0 Å². The van der Waals surface area contributed by atoms with Crippen LogP contribution in [-0.2, 0) is 4.74 Å². The van der Waals surface area contributed by atoms with Crippen molar-refractivity contribution >= 4 is 23.5 Å². The number of benzene rings is 1. The molecule has 1 aromatic carbocycles. The van der Waals surface area contributed by atoms with Crippen molar-refractivity contribution in [1.29, 1.82) is 0 Å². The van der Waals surface area contributed by atoms with Crippen molar-refractivity contribution < 1.29 is 9.53 Å². The fourth-order valence-corrected chi connectivity index (χ4v) is 2.28. The van der Waals surface area contributed by atoms with Crippen molar-refractivity contribution in [1.82, 2.24) is 5.32 Å². The van der Waals surface area contributed by atoms with Crippen LogP contribution in [0.25, 0.3) is 0 Å². The van der Waals surface area contributed by atoms with Gasteiger partial charge in [0, 0.05) is 16.3 Å². The van der Waals surface area contributed by atoms with Crippen molar-refractivity contribution in [3.63, 3.8) is 0 Å². The number of alkyl carbamates (subject to hydrolysis) is 1. The third-order valence-electron chi connectivity index (χ3n) is 2.04. The molecular formula is C10H12N2O2S. The first kappa shape index (κ1) is 10.2. The third kappa shape index (κ3) is 2.79. The Labute approximate surface area is 92.2 Å². The first-order valence-corrected chi connectivity index (χ1v) is 5.65. The van der Waals surface area contributed by atoms with Crippen LogP contribution in [0.4, 0.5) is 10.5 Å². The van der Waals surface area contributed by atoms with Gasteiger partial charge in [-0.2, -0.15) is 0 Å². The van der Waals surface area contributed by atoms with Crippen LogP contribution in [0.3, 0.4) is 0 Å². The van der Waals surface area contributed by atoms with Crippen molar-refractivity contribution in [2.75, 3.05) is 18.0 Å². The first-order valence-electron chi connectivity index (χ1n) is 4.67. The smallest absolute Gasteiger partial charge is 0.407 e. The number of carbonyl (C=O) groups excluding carboxylic acids is 1. The van der Waals surface area contributed by atoms with E-state index in [0.29, 0.717) is 6.54 Å². The molecule has 80 valence electrons. The minimum atomic E-state index is -0.326. The van der Waals surface area contributed by atoms with Gasteiger partial charge < -0.3 is 15.8 Å². The lowest BCUT2D eigenvalue weighted by atomic mass is 10.3. The SMILES string of the molecule is Nc1cccc(SCC2CNC(=O)O2)c1. The first-order chi connectivity index (χ1) is 7.24. The van der Waals surface area contributed by atoms with E-state index in [1.165, 1.54) is 0 Å². The molecule has 1 aromatic rings. The molecule has 3 N–H and O–H groups in total. The number of carbonyl (C=O) groups is 1. The van der Waals surface area contributed by atoms with E-state index < -0.39 is 0 Å². The van der Waals surface area contributed by atoms with Crippen LogP contribution in [0.5, 0.6) is 0 Å². The minimum Gasteiger partial charge on any atom is -0.443 e. The number of thioether (sulfide) groups is 1. The quantitative estimate of drug-likeness (QED) is 0.603. The molecule has 2 rings (SSSR count). The number of anilines is 1. The maximum atomic E-state index is 10.8. The number of nitrogens with two attached hydrogens (primary N) is 1. The second-order valence-corrected chi connectivity index (χ2v) is 4.39. The van der Waals surface area contributed by atoms with E-state index in [1.54, 1.807) is 11.8 Å². The summed E-state index contributed by atoms with van der Waals surface area (Å²) >= 11 is 1.64. The molecular weight excluding hydrogens is 212 g/mol. The molecule has 1 aliphatic heterocycles. The highest BCUT2D eigenvalue weighted by molar-refractivity contribution is 7.99. The van der Waals surface area contributed by atoms with E-state index in [-0.39, 0.29) is 12.2 Å². The molecule has 4 nitrogen and oxygen atoms in total. The third-order valence-corrected chi connectivity index (χ3v) is 3.17. The fourth-order valence-electron chi connectivity index (χ4n) is 1.32. The van der Waals surface area contributed by atoms with Gasteiger partial charge in [0.05, 0.1) is 6.54 Å². The van der Waals surface area contributed by atoms with Crippen LogP contribution in [0.2, 0.25) is 0 Å². The molecule has 1 amide bonds. The number of amides is 1. The van der Waals surface area contributed by atoms with E-state index >= 15 is 0 Å². The molecule has 15 heavy (non-hydrogen) atoms. The molecule has 1 aliphatic rings. The van der Waals surface area contributed by atoms with Gasteiger partial charge in [-0.3, -0.25) is 0 Å². The van der Waals surface area contributed by atoms with E-state index in [1.807, 2.05) is 24.3 Å². The molecule has 0 radical (unpaired) electrons. The van der Waals surface area contributed by atoms with E-state index in [9.17, 15) is 4.79 Å². The van der Waals surface area contributed by atoms with Crippen molar-refractivity contribution in [3.05, 3.63) is 24.3 Å². The molecule has 0 aromatic heterocycles. The average molecular weight is 224 g/mol. The largest absolute Gasteiger partial charge is 0.443 e. The summed E-state index contributed by atoms with van der Waals surface area (Å²) in [4.78, 5) is 11.9. The summed E-state index contributed by atoms with van der Waals surface area (Å²) in [7, 11) is 0. The standard InChI is InChI=1S/C10H12N2O2S/c11-7-2-1-3-9(4-7)15-6-8-5-12-10(13)14-8/h1-4,8H,5-6,11H2,(H,12,13). The molecule has 0 saturated carbocycles. The number of nitrogen functional groups attached to an aromatic ring is 1. The van der Waals surface area contributed by atoms with E-state index in [2.05, 4.69) is 5.32 Å². The fraction of sp³-hybridized carbons (Fsp3) is 0.300. The summed E-state index contributed by atoms with van der Waals surface area (Å²) in [5.74, 6) is 0.752. The molecule has 1 unspecified atom stereocenters. The summed E-state index contributed by atoms with van der Waals surface area (Å²) in [5.41, 5.74) is 6.40. The van der Waals surface area contributed by atoms with Crippen molar-refractivity contribution in [3.8, 4) is 0 Å². The highest BCUT2D eigenvalue weighted by Crippen LogP contribution is 2.22. The number of hydrogen-bond donors (Lipinski definition) is 2. The molecule has 1 atom stereocenters. The summed E-state index contributed by atoms with van der Waals surface area (Å²) in [5, 5.41) is 2.62. The van der Waals surface area contributed by atoms with Crippen LogP contribution >= 0.6 is 11.8 Å². The zero-order chi connectivity index (χ0) is 10.7. The minimum absolute atomic E-state index is 0.0380. The molecule has 0 aliphatic carbocycles. The highest BCUT2D eigenvalue weighted by atomic mass is 32.2. The van der Waals surface area contributed by atoms with Gasteiger partial charge in [0.25, 0.3) is 0 Å². The Hall–Kier alpha value is -1.36. The number of rotatable bonds is 3. The van der Waals surface area contributed by atoms with Crippen LogP contribution in [-0.4, -0.2) is 24.5 Å². The van der Waals surface area contributed by atoms with Gasteiger partial charge in [0.1, 0.15) is 6.10 Å². The van der Waals surface area contributed by atoms with E-state index in [0.717, 1.165) is 16.3 Å². The van der Waals surface area contributed by atoms with Gasteiger partial charge in [-0.15, -0.1) is 11.8 Å². The Balaban J connectivity index is 1.85. The summed E-state index contributed by atoms with van der Waals surface area (Å²) in [6, 6.07) is 7.66. The van der Waals surface area contributed by atoms with Crippen molar-refractivity contribution in [2.24, 2.45) is 0 Å². The molecule has 1 saturated heterocycles. The normalized spacial score (nSPS) is 19.7. The van der Waals surface area contributed by atoms with Crippen LogP contribution in [0.1, 0.15) is 0 Å².